The number of nitriles is 1. The number of aromatic carboxylic acids is 1. The highest BCUT2D eigenvalue weighted by Gasteiger charge is 2.19. The first kappa shape index (κ1) is 21.0. The monoisotopic (exact) mass is 455 g/mol. The van der Waals surface area contributed by atoms with Crippen LogP contribution in [0.4, 0.5) is 20.3 Å². The van der Waals surface area contributed by atoms with Crippen LogP contribution in [-0.2, 0) is 0 Å². The van der Waals surface area contributed by atoms with E-state index in [4.69, 9.17) is 26.7 Å². The first-order valence-corrected chi connectivity index (χ1v) is 9.38. The number of aromatic nitrogens is 3. The van der Waals surface area contributed by atoms with Crippen molar-refractivity contribution in [3.63, 3.8) is 0 Å². The number of nitrogens with zero attached hydrogens (tertiary/aromatic N) is 4. The second-order valence-corrected chi connectivity index (χ2v) is 6.83. The molecule has 8 nitrogen and oxygen atoms in total. The van der Waals surface area contributed by atoms with Crippen LogP contribution in [0.3, 0.4) is 0 Å². The van der Waals surface area contributed by atoms with Gasteiger partial charge in [-0.2, -0.15) is 9.65 Å². The number of carboxylic acid groups (broad SMARTS) is 1. The molecule has 0 radical (unpaired) electrons. The van der Waals surface area contributed by atoms with Gasteiger partial charge in [-0.15, -0.1) is 0 Å². The maximum atomic E-state index is 14.7. The molecule has 2 aromatic carbocycles. The van der Waals surface area contributed by atoms with Gasteiger partial charge in [0, 0.05) is 23.6 Å². The first-order valence-electron chi connectivity index (χ1n) is 9.00. The molecular formula is C21H12ClF2N5O3. The highest BCUT2D eigenvalue weighted by atomic mass is 35.5. The molecule has 0 aliphatic rings. The Balaban J connectivity index is 1.72. The van der Waals surface area contributed by atoms with Gasteiger partial charge in [-0.25, -0.2) is 19.2 Å². The van der Waals surface area contributed by atoms with Gasteiger partial charge >= 0.3 is 5.97 Å². The summed E-state index contributed by atoms with van der Waals surface area (Å²) in [7, 11) is 0. The van der Waals surface area contributed by atoms with E-state index in [1.807, 2.05) is 0 Å². The topological polar surface area (TPSA) is 113 Å². The minimum Gasteiger partial charge on any atom is -0.478 e. The molecule has 0 saturated heterocycles. The molecule has 0 aliphatic carbocycles. The SMILES string of the molecule is N#CCOc1ccc(-c2cnc3c(Nc4ccc(C(=O)O)c(Cl)c4)nccn23)c(F)c1F. The van der Waals surface area contributed by atoms with Crippen LogP contribution < -0.4 is 10.1 Å². The summed E-state index contributed by atoms with van der Waals surface area (Å²) in [6.45, 7) is -0.413. The smallest absolute Gasteiger partial charge is 0.337 e. The number of imidazole rings is 1. The van der Waals surface area contributed by atoms with E-state index >= 15 is 0 Å². The lowest BCUT2D eigenvalue weighted by Crippen LogP contribution is -2.02. The van der Waals surface area contributed by atoms with Crippen molar-refractivity contribution in [1.82, 2.24) is 14.4 Å². The van der Waals surface area contributed by atoms with Crippen LogP contribution in [0.15, 0.2) is 48.9 Å². The van der Waals surface area contributed by atoms with Gasteiger partial charge in [0.25, 0.3) is 0 Å². The molecule has 0 atom stereocenters. The summed E-state index contributed by atoms with van der Waals surface area (Å²) in [5, 5.41) is 20.7. The van der Waals surface area contributed by atoms with E-state index in [0.717, 1.165) is 0 Å². The van der Waals surface area contributed by atoms with Gasteiger partial charge in [-0.3, -0.25) is 4.40 Å². The molecule has 0 unspecified atom stereocenters. The molecule has 2 N–H and O–H groups in total. The summed E-state index contributed by atoms with van der Waals surface area (Å²) in [6, 6.07) is 8.53. The van der Waals surface area contributed by atoms with Crippen molar-refractivity contribution in [2.45, 2.75) is 0 Å². The second kappa shape index (κ2) is 8.49. The van der Waals surface area contributed by atoms with Crippen molar-refractivity contribution in [3.05, 3.63) is 71.1 Å². The summed E-state index contributed by atoms with van der Waals surface area (Å²) in [5.74, 6) is -3.60. The van der Waals surface area contributed by atoms with Crippen molar-refractivity contribution in [2.24, 2.45) is 0 Å². The summed E-state index contributed by atoms with van der Waals surface area (Å²) in [5.41, 5.74) is 0.913. The maximum absolute atomic E-state index is 14.7. The Morgan fingerprint density at radius 3 is 2.78 bits per heavy atom. The van der Waals surface area contributed by atoms with Gasteiger partial charge in [0.2, 0.25) is 5.82 Å². The predicted molar refractivity (Wildman–Crippen MR) is 111 cm³/mol. The number of halogens is 3. The fraction of sp³-hybridized carbons (Fsp3) is 0.0476. The van der Waals surface area contributed by atoms with Gasteiger partial charge in [-0.05, 0) is 30.3 Å². The van der Waals surface area contributed by atoms with E-state index in [-0.39, 0.29) is 33.4 Å². The number of nitrogens with one attached hydrogen (secondary N) is 1. The Labute approximate surface area is 184 Å². The van der Waals surface area contributed by atoms with E-state index in [9.17, 15) is 13.6 Å². The fourth-order valence-electron chi connectivity index (χ4n) is 3.06. The number of hydrogen-bond donors (Lipinski definition) is 2. The largest absolute Gasteiger partial charge is 0.478 e. The molecule has 2 heterocycles. The van der Waals surface area contributed by atoms with Crippen LogP contribution in [0.25, 0.3) is 16.9 Å². The van der Waals surface area contributed by atoms with E-state index in [0.29, 0.717) is 11.3 Å². The Kier molecular flexibility index (Phi) is 5.57. The van der Waals surface area contributed by atoms with Gasteiger partial charge in [-0.1, -0.05) is 11.6 Å². The number of hydrogen-bond acceptors (Lipinski definition) is 6. The standard InChI is InChI=1S/C21H12ClF2N5O3/c22-14-9-11(1-2-12(14)21(30)31)28-19-20-27-10-15(29(20)7-6-26-19)13-3-4-16(32-8-5-25)18(24)17(13)23/h1-4,6-7,9-10H,8H2,(H,26,28)(H,30,31). The lowest BCUT2D eigenvalue weighted by molar-refractivity contribution is 0.0697. The molecule has 0 fully saturated rings. The molecule has 2 aromatic heterocycles. The average Bonchev–Trinajstić information content (AvgIpc) is 3.19. The second-order valence-electron chi connectivity index (χ2n) is 6.42. The molecule has 0 spiro atoms. The molecule has 11 heteroatoms. The fourth-order valence-corrected chi connectivity index (χ4v) is 3.32. The third kappa shape index (κ3) is 3.77. The Bertz CT molecular complexity index is 1400. The number of benzene rings is 2. The van der Waals surface area contributed by atoms with Crippen LogP contribution in [0.5, 0.6) is 5.75 Å². The Morgan fingerprint density at radius 1 is 1.25 bits per heavy atom. The number of carboxylic acids is 1. The van der Waals surface area contributed by atoms with Crippen molar-refractivity contribution in [2.75, 3.05) is 11.9 Å². The minimum atomic E-state index is -1.21. The molecule has 0 saturated carbocycles. The van der Waals surface area contributed by atoms with Crippen molar-refractivity contribution in [3.8, 4) is 23.1 Å². The normalized spacial score (nSPS) is 10.7. The molecule has 0 aliphatic heterocycles. The van der Waals surface area contributed by atoms with Crippen LogP contribution in [0, 0.1) is 23.0 Å². The zero-order chi connectivity index (χ0) is 22.8. The molecule has 160 valence electrons. The molecule has 4 aromatic rings. The van der Waals surface area contributed by atoms with Gasteiger partial charge in [0.15, 0.2) is 29.6 Å². The zero-order valence-corrected chi connectivity index (χ0v) is 16.8. The predicted octanol–water partition coefficient (Wildman–Crippen LogP) is 4.67. The van der Waals surface area contributed by atoms with Crippen LogP contribution in [-0.4, -0.2) is 32.1 Å². The highest BCUT2D eigenvalue weighted by Crippen LogP contribution is 2.32. The van der Waals surface area contributed by atoms with Crippen molar-refractivity contribution in [1.29, 1.82) is 5.26 Å². The van der Waals surface area contributed by atoms with E-state index in [1.165, 1.54) is 53.3 Å². The van der Waals surface area contributed by atoms with Gasteiger partial charge in [0.1, 0.15) is 6.07 Å². The Hall–Kier alpha value is -4.23. The molecule has 0 bridgehead atoms. The first-order chi connectivity index (χ1) is 15.4. The summed E-state index contributed by atoms with van der Waals surface area (Å²) in [4.78, 5) is 19.6. The number of rotatable bonds is 6. The minimum absolute atomic E-state index is 0.0368. The summed E-state index contributed by atoms with van der Waals surface area (Å²) in [6.07, 6.45) is 4.32. The molecule has 0 amide bonds. The lowest BCUT2D eigenvalue weighted by Gasteiger charge is -2.10. The molecule has 32 heavy (non-hydrogen) atoms. The number of carbonyl (C=O) groups is 1. The summed E-state index contributed by atoms with van der Waals surface area (Å²) >= 11 is 6.00. The number of anilines is 2. The number of ether oxygens (including phenoxy) is 1. The quantitative estimate of drug-likeness (QED) is 0.434. The van der Waals surface area contributed by atoms with Gasteiger partial charge in [0.05, 0.1) is 22.5 Å². The maximum Gasteiger partial charge on any atom is 0.337 e. The van der Waals surface area contributed by atoms with E-state index in [1.54, 1.807) is 6.07 Å². The van der Waals surface area contributed by atoms with Gasteiger partial charge < -0.3 is 15.2 Å². The van der Waals surface area contributed by atoms with E-state index < -0.39 is 24.2 Å². The molecule has 4 rings (SSSR count). The summed E-state index contributed by atoms with van der Waals surface area (Å²) < 4.78 is 35.4. The number of fused-ring (bicyclic) bond motifs is 1. The molecular weight excluding hydrogens is 444 g/mol. The van der Waals surface area contributed by atoms with Crippen molar-refractivity contribution >= 4 is 34.7 Å². The zero-order valence-electron chi connectivity index (χ0n) is 16.0. The average molecular weight is 456 g/mol. The van der Waals surface area contributed by atoms with Crippen LogP contribution in [0.2, 0.25) is 5.02 Å². The van der Waals surface area contributed by atoms with E-state index in [2.05, 4.69) is 15.3 Å². The Morgan fingerprint density at radius 2 is 2.06 bits per heavy atom. The highest BCUT2D eigenvalue weighted by molar-refractivity contribution is 6.33. The lowest BCUT2D eigenvalue weighted by atomic mass is 10.1. The van der Waals surface area contributed by atoms with Crippen LogP contribution >= 0.6 is 11.6 Å². The van der Waals surface area contributed by atoms with Crippen molar-refractivity contribution < 1.29 is 23.4 Å². The van der Waals surface area contributed by atoms with Crippen LogP contribution in [0.1, 0.15) is 10.4 Å². The third-order valence-corrected chi connectivity index (χ3v) is 4.82. The third-order valence-electron chi connectivity index (χ3n) is 4.51.